The number of hydrogen-bond acceptors (Lipinski definition) is 15. The predicted octanol–water partition coefficient (Wildman–Crippen LogP) is 25.9. The van der Waals surface area contributed by atoms with Gasteiger partial charge in [0.25, 0.3) is 0 Å². The lowest BCUT2D eigenvalue weighted by Gasteiger charge is -2.21. The zero-order valence-electron chi connectivity index (χ0n) is 69.8. The number of rotatable bonds is 79. The molecule has 0 saturated heterocycles. The summed E-state index contributed by atoms with van der Waals surface area (Å²) in [7, 11) is -10.0. The summed E-state index contributed by atoms with van der Waals surface area (Å²) in [6.07, 6.45) is 102. The molecule has 0 amide bonds. The van der Waals surface area contributed by atoms with Gasteiger partial charge in [-0.25, -0.2) is 9.13 Å². The van der Waals surface area contributed by atoms with Crippen LogP contribution < -0.4 is 0 Å². The van der Waals surface area contributed by atoms with Crippen molar-refractivity contribution < 1.29 is 80.2 Å². The van der Waals surface area contributed by atoms with E-state index < -0.39 is 97.5 Å². The third-order valence-corrected chi connectivity index (χ3v) is 19.3. The first-order chi connectivity index (χ1) is 54.7. The minimum absolute atomic E-state index is 0.0678. The number of phosphoric acid groups is 2. The number of allylic oxidation sites excluding steroid dienone is 29. The Balaban J connectivity index is 5.49. The molecule has 0 aliphatic carbocycles. The fourth-order valence-electron chi connectivity index (χ4n) is 10.9. The van der Waals surface area contributed by atoms with Crippen LogP contribution in [0.2, 0.25) is 0 Å². The number of hydrogen-bond donors (Lipinski definition) is 3. The molecule has 5 unspecified atom stereocenters. The summed E-state index contributed by atoms with van der Waals surface area (Å²) in [5, 5.41) is 10.7. The van der Waals surface area contributed by atoms with E-state index in [-0.39, 0.29) is 25.7 Å². The molecule has 0 spiro atoms. The van der Waals surface area contributed by atoms with Gasteiger partial charge in [-0.15, -0.1) is 0 Å². The molecular weight excluding hydrogens is 1450 g/mol. The summed E-state index contributed by atoms with van der Waals surface area (Å²) in [5.74, 6) is -2.37. The SMILES string of the molecule is CC/C=C\C/C=C\C/C=C\C/C=C\C/C=C\CC(=O)OC(COC(=O)CCCCCCCC/C=C\C/C=C\C/C=C\CCCCC)COP(=O)(O)OCC(O)COP(=O)(O)OCC(COC(=O)CCCCCCCC/C=C\C/C=C\C/C=C\C/C=C\CC)OC(=O)CCCCCCCC/C=C\C/C=C\C/C=C\CCCCC. The molecule has 0 aromatic rings. The highest BCUT2D eigenvalue weighted by molar-refractivity contribution is 7.47. The Hall–Kier alpha value is -5.84. The van der Waals surface area contributed by atoms with Crippen LogP contribution in [0.25, 0.3) is 0 Å². The maximum absolute atomic E-state index is 13.2. The summed E-state index contributed by atoms with van der Waals surface area (Å²) in [6.45, 7) is 4.44. The zero-order chi connectivity index (χ0) is 81.7. The normalized spacial score (nSPS) is 14.7. The Labute approximate surface area is 679 Å². The maximum Gasteiger partial charge on any atom is 0.472 e. The highest BCUT2D eigenvalue weighted by atomic mass is 31.2. The van der Waals surface area contributed by atoms with Gasteiger partial charge in [0.1, 0.15) is 19.3 Å². The van der Waals surface area contributed by atoms with Crippen LogP contribution in [0.3, 0.4) is 0 Å². The average Bonchev–Trinajstić information content (AvgIpc) is 0.907. The summed E-state index contributed by atoms with van der Waals surface area (Å²) < 4.78 is 68.7. The van der Waals surface area contributed by atoms with Gasteiger partial charge in [0.2, 0.25) is 0 Å². The Morgan fingerprint density at radius 2 is 0.500 bits per heavy atom. The molecule has 0 heterocycles. The highest BCUT2D eigenvalue weighted by Gasteiger charge is 2.30. The summed E-state index contributed by atoms with van der Waals surface area (Å²) in [4.78, 5) is 73.2. The molecule has 0 aliphatic rings. The lowest BCUT2D eigenvalue weighted by Crippen LogP contribution is -2.30. The van der Waals surface area contributed by atoms with Crippen LogP contribution in [0.15, 0.2) is 182 Å². The van der Waals surface area contributed by atoms with E-state index in [4.69, 9.17) is 37.0 Å². The second-order valence-electron chi connectivity index (χ2n) is 28.0. The van der Waals surface area contributed by atoms with Crippen LogP contribution in [-0.4, -0.2) is 96.7 Å². The molecule has 0 bridgehead atoms. The van der Waals surface area contributed by atoms with Gasteiger partial charge in [0.05, 0.1) is 32.8 Å². The number of aliphatic hydroxyl groups is 1. The van der Waals surface area contributed by atoms with Gasteiger partial charge in [0, 0.05) is 19.3 Å². The predicted molar refractivity (Wildman–Crippen MR) is 463 cm³/mol. The van der Waals surface area contributed by atoms with E-state index in [0.29, 0.717) is 25.7 Å². The molecule has 0 aromatic heterocycles. The molecule has 0 fully saturated rings. The third kappa shape index (κ3) is 82.2. The molecule has 0 rings (SSSR count). The molecule has 5 atom stereocenters. The number of esters is 4. The van der Waals surface area contributed by atoms with Gasteiger partial charge in [-0.2, -0.15) is 0 Å². The molecule has 17 nitrogen and oxygen atoms in total. The van der Waals surface area contributed by atoms with Crippen molar-refractivity contribution in [2.24, 2.45) is 0 Å². The van der Waals surface area contributed by atoms with Crippen LogP contribution in [0, 0.1) is 0 Å². The first-order valence-electron chi connectivity index (χ1n) is 43.0. The number of phosphoric ester groups is 2. The minimum atomic E-state index is -5.02. The van der Waals surface area contributed by atoms with E-state index in [1.165, 1.54) is 38.5 Å². The molecule has 3 N–H and O–H groups in total. The van der Waals surface area contributed by atoms with Crippen molar-refractivity contribution in [1.82, 2.24) is 0 Å². The van der Waals surface area contributed by atoms with Crippen LogP contribution in [-0.2, 0) is 65.4 Å². The Bertz CT molecular complexity index is 2840. The largest absolute Gasteiger partial charge is 0.472 e. The van der Waals surface area contributed by atoms with Gasteiger partial charge in [-0.05, 0) is 167 Å². The van der Waals surface area contributed by atoms with Gasteiger partial charge >= 0.3 is 39.5 Å². The molecule has 636 valence electrons. The van der Waals surface area contributed by atoms with Gasteiger partial charge in [0.15, 0.2) is 12.2 Å². The zero-order valence-corrected chi connectivity index (χ0v) is 71.6. The molecular formula is C93H152O17P2. The quantitative estimate of drug-likeness (QED) is 0.0169. The van der Waals surface area contributed by atoms with Crippen molar-refractivity contribution in [2.45, 2.75) is 341 Å². The maximum atomic E-state index is 13.2. The second kappa shape index (κ2) is 83.1. The molecule has 0 saturated carbocycles. The number of aliphatic hydroxyl groups excluding tert-OH is 1. The first kappa shape index (κ1) is 106. The van der Waals surface area contributed by atoms with Crippen molar-refractivity contribution in [3.63, 3.8) is 0 Å². The number of ether oxygens (including phenoxy) is 4. The topological polar surface area (TPSA) is 237 Å². The first-order valence-corrected chi connectivity index (χ1v) is 46.0. The lowest BCUT2D eigenvalue weighted by molar-refractivity contribution is -0.161. The van der Waals surface area contributed by atoms with Crippen molar-refractivity contribution in [2.75, 3.05) is 39.6 Å². The monoisotopic (exact) mass is 1600 g/mol. The van der Waals surface area contributed by atoms with Crippen molar-refractivity contribution in [3.05, 3.63) is 182 Å². The van der Waals surface area contributed by atoms with Crippen LogP contribution in [0.4, 0.5) is 0 Å². The fourth-order valence-corrected chi connectivity index (χ4v) is 12.5. The van der Waals surface area contributed by atoms with E-state index >= 15 is 0 Å². The van der Waals surface area contributed by atoms with Crippen molar-refractivity contribution >= 4 is 39.5 Å². The van der Waals surface area contributed by atoms with Crippen LogP contribution in [0.1, 0.15) is 323 Å². The van der Waals surface area contributed by atoms with E-state index in [2.05, 4.69) is 186 Å². The Kier molecular flexibility index (Phi) is 78.8. The van der Waals surface area contributed by atoms with Crippen molar-refractivity contribution in [3.8, 4) is 0 Å². The highest BCUT2D eigenvalue weighted by Crippen LogP contribution is 2.45. The standard InChI is InChI=1S/C93H152O17P2/c1-5-9-13-17-21-25-29-33-37-40-43-46-50-53-57-61-65-69-73-77-90(95)103-83-88(109-92(97)79-75-71-67-63-59-55-49-36-32-28-24-20-16-12-8-4)85-107-111(99,100)105-81-87(94)82-106-112(101,102)108-86-89(110-93(98)80-76-72-68-64-60-56-52-48-45-42-39-35-31-27-23-19-15-11-7-3)84-104-91(96)78-74-70-66-62-58-54-51-47-44-41-38-34-30-26-22-18-14-10-6-2/h10,12,14,16,21-28,33-39,43-49,59,63,71,75,87-89,94H,5-9,11,13,15,17-20,29-32,40-42,50-58,60-62,64-70,72-74,76-86H2,1-4H3,(H,99,100)(H,101,102)/b14-10-,16-12-,25-21-,26-22-,27-23-,28-24-,37-33-,38-34-,39-35-,46-43-,47-44-,48-45-,49-36-,63-59-,75-71-. The summed E-state index contributed by atoms with van der Waals surface area (Å²) >= 11 is 0. The van der Waals surface area contributed by atoms with Gasteiger partial charge < -0.3 is 33.8 Å². The van der Waals surface area contributed by atoms with E-state index in [0.717, 1.165) is 205 Å². The third-order valence-electron chi connectivity index (χ3n) is 17.4. The minimum Gasteiger partial charge on any atom is -0.462 e. The van der Waals surface area contributed by atoms with E-state index in [9.17, 15) is 43.2 Å². The number of carbonyl (C=O) groups is 4. The summed E-state index contributed by atoms with van der Waals surface area (Å²) in [5.41, 5.74) is 0. The molecule has 0 aromatic carbocycles. The smallest absolute Gasteiger partial charge is 0.462 e. The van der Waals surface area contributed by atoms with E-state index in [1.807, 2.05) is 12.2 Å². The van der Waals surface area contributed by atoms with Crippen LogP contribution in [0.5, 0.6) is 0 Å². The Morgan fingerprint density at radius 1 is 0.268 bits per heavy atom. The van der Waals surface area contributed by atoms with Crippen LogP contribution >= 0.6 is 15.6 Å². The lowest BCUT2D eigenvalue weighted by atomic mass is 10.1. The Morgan fingerprint density at radius 3 is 0.795 bits per heavy atom. The van der Waals surface area contributed by atoms with Gasteiger partial charge in [-0.3, -0.25) is 37.3 Å². The average molecular weight is 1600 g/mol. The molecule has 112 heavy (non-hydrogen) atoms. The number of unbranched alkanes of at least 4 members (excludes halogenated alkanes) is 24. The second-order valence-corrected chi connectivity index (χ2v) is 30.9. The summed E-state index contributed by atoms with van der Waals surface area (Å²) in [6, 6.07) is 0. The fraction of sp³-hybridized carbons (Fsp3) is 0.634. The van der Waals surface area contributed by atoms with Gasteiger partial charge in [-0.1, -0.05) is 313 Å². The molecule has 0 aliphatic heterocycles. The number of carbonyl (C=O) groups excluding carboxylic acids is 4. The molecule has 0 radical (unpaired) electrons. The van der Waals surface area contributed by atoms with Crippen molar-refractivity contribution in [1.29, 1.82) is 0 Å². The molecule has 19 heteroatoms. The van der Waals surface area contributed by atoms with E-state index in [1.54, 1.807) is 12.2 Å².